The van der Waals surface area contributed by atoms with Crippen LogP contribution in [0, 0.1) is 0 Å². The summed E-state index contributed by atoms with van der Waals surface area (Å²) in [6.45, 7) is 2.11. The molecule has 1 aromatic carbocycles. The van der Waals surface area contributed by atoms with Crippen molar-refractivity contribution < 1.29 is 4.79 Å². The Hall–Kier alpha value is -1.31. The Balaban J connectivity index is 2.03. The lowest BCUT2D eigenvalue weighted by molar-refractivity contribution is 0.0850. The van der Waals surface area contributed by atoms with Crippen LogP contribution >= 0.6 is 0 Å². The predicted octanol–water partition coefficient (Wildman–Crippen LogP) is 2.36. The molecule has 0 unspecified atom stereocenters. The molecule has 1 aromatic rings. The highest BCUT2D eigenvalue weighted by atomic mass is 16.1. The Labute approximate surface area is 84.3 Å². The molecule has 0 aliphatic heterocycles. The number of rotatable bonds is 2. The van der Waals surface area contributed by atoms with Gasteiger partial charge in [-0.15, -0.1) is 0 Å². The predicted molar refractivity (Wildman–Crippen MR) is 56.2 cm³/mol. The second-order valence-electron chi connectivity index (χ2n) is 4.23. The molecule has 2 nitrogen and oxygen atoms in total. The molecule has 1 fully saturated rings. The van der Waals surface area contributed by atoms with Gasteiger partial charge < -0.3 is 5.32 Å². The van der Waals surface area contributed by atoms with E-state index in [2.05, 4.69) is 12.2 Å². The van der Waals surface area contributed by atoms with Gasteiger partial charge in [0.15, 0.2) is 0 Å². The fourth-order valence-electron chi connectivity index (χ4n) is 1.77. The third-order valence-corrected chi connectivity index (χ3v) is 2.91. The first kappa shape index (κ1) is 9.25. The van der Waals surface area contributed by atoms with Crippen molar-refractivity contribution >= 4 is 5.91 Å². The van der Waals surface area contributed by atoms with E-state index in [1.54, 1.807) is 0 Å². The topological polar surface area (TPSA) is 29.1 Å². The maximum atomic E-state index is 11.7. The quantitative estimate of drug-likeness (QED) is 0.760. The summed E-state index contributed by atoms with van der Waals surface area (Å²) >= 11 is 0. The van der Waals surface area contributed by atoms with Gasteiger partial charge in [-0.25, -0.2) is 0 Å². The van der Waals surface area contributed by atoms with E-state index < -0.39 is 0 Å². The highest BCUT2D eigenvalue weighted by Gasteiger charge is 2.33. The fourth-order valence-corrected chi connectivity index (χ4v) is 1.77. The van der Waals surface area contributed by atoms with Gasteiger partial charge in [-0.3, -0.25) is 4.79 Å². The molecule has 74 valence electrons. The molecule has 1 amide bonds. The van der Waals surface area contributed by atoms with E-state index in [-0.39, 0.29) is 11.4 Å². The summed E-state index contributed by atoms with van der Waals surface area (Å²) in [7, 11) is 0. The summed E-state index contributed by atoms with van der Waals surface area (Å²) in [6.07, 6.45) is 3.43. The molecule has 2 heteroatoms. The van der Waals surface area contributed by atoms with E-state index in [9.17, 15) is 4.79 Å². The molecule has 0 spiro atoms. The third-order valence-electron chi connectivity index (χ3n) is 2.91. The fraction of sp³-hybridized carbons (Fsp3) is 0.417. The first-order chi connectivity index (χ1) is 6.70. The number of amides is 1. The first-order valence-corrected chi connectivity index (χ1v) is 5.07. The number of benzene rings is 1. The Morgan fingerprint density at radius 2 is 1.93 bits per heavy atom. The molecule has 14 heavy (non-hydrogen) atoms. The van der Waals surface area contributed by atoms with E-state index >= 15 is 0 Å². The maximum absolute atomic E-state index is 11.7. The molecule has 0 saturated heterocycles. The second kappa shape index (κ2) is 3.45. The lowest BCUT2D eigenvalue weighted by atomic mass is 9.78. The van der Waals surface area contributed by atoms with Crippen LogP contribution < -0.4 is 5.32 Å². The molecule has 0 bridgehead atoms. The summed E-state index contributed by atoms with van der Waals surface area (Å²) in [4.78, 5) is 11.7. The van der Waals surface area contributed by atoms with Crippen LogP contribution in [0.1, 0.15) is 36.5 Å². The van der Waals surface area contributed by atoms with Gasteiger partial charge in [0.05, 0.1) is 0 Å². The summed E-state index contributed by atoms with van der Waals surface area (Å²) in [5, 5.41) is 3.07. The van der Waals surface area contributed by atoms with Gasteiger partial charge in [0, 0.05) is 11.1 Å². The van der Waals surface area contributed by atoms with Gasteiger partial charge in [-0.05, 0) is 38.3 Å². The van der Waals surface area contributed by atoms with Gasteiger partial charge in [0.2, 0.25) is 0 Å². The van der Waals surface area contributed by atoms with E-state index in [1.807, 2.05) is 30.3 Å². The molecule has 2 rings (SSSR count). The van der Waals surface area contributed by atoms with Crippen LogP contribution in [0.2, 0.25) is 0 Å². The standard InChI is InChI=1S/C12H15NO/c1-12(8-5-9-12)13-11(14)10-6-3-2-4-7-10/h2-4,6-7H,5,8-9H2,1H3,(H,13,14). The number of hydrogen-bond acceptors (Lipinski definition) is 1. The van der Waals surface area contributed by atoms with Crippen LogP contribution in [0.3, 0.4) is 0 Å². The van der Waals surface area contributed by atoms with Crippen molar-refractivity contribution in [3.63, 3.8) is 0 Å². The molecular formula is C12H15NO. The molecular weight excluding hydrogens is 174 g/mol. The smallest absolute Gasteiger partial charge is 0.251 e. The lowest BCUT2D eigenvalue weighted by Crippen LogP contribution is -2.50. The summed E-state index contributed by atoms with van der Waals surface area (Å²) in [5.41, 5.74) is 0.799. The Kier molecular flexibility index (Phi) is 2.28. The molecule has 1 N–H and O–H groups in total. The zero-order valence-corrected chi connectivity index (χ0v) is 8.42. The second-order valence-corrected chi connectivity index (χ2v) is 4.23. The van der Waals surface area contributed by atoms with Crippen LogP contribution in [0.15, 0.2) is 30.3 Å². The van der Waals surface area contributed by atoms with E-state index in [1.165, 1.54) is 6.42 Å². The number of carbonyl (C=O) groups is 1. The maximum Gasteiger partial charge on any atom is 0.251 e. The normalized spacial score (nSPS) is 18.4. The van der Waals surface area contributed by atoms with Crippen molar-refractivity contribution in [1.29, 1.82) is 0 Å². The van der Waals surface area contributed by atoms with E-state index in [0.717, 1.165) is 18.4 Å². The minimum absolute atomic E-state index is 0.0485. The molecule has 0 aromatic heterocycles. The van der Waals surface area contributed by atoms with Crippen LogP contribution in [-0.4, -0.2) is 11.4 Å². The minimum atomic E-state index is 0.0485. The Bertz CT molecular complexity index is 327. The molecule has 1 aliphatic rings. The van der Waals surface area contributed by atoms with E-state index in [4.69, 9.17) is 0 Å². The van der Waals surface area contributed by atoms with Gasteiger partial charge in [0.1, 0.15) is 0 Å². The van der Waals surface area contributed by atoms with Crippen LogP contribution in [-0.2, 0) is 0 Å². The zero-order chi connectivity index (χ0) is 10.0. The zero-order valence-electron chi connectivity index (χ0n) is 8.42. The molecule has 0 radical (unpaired) electrons. The van der Waals surface area contributed by atoms with Crippen molar-refractivity contribution in [2.45, 2.75) is 31.7 Å². The van der Waals surface area contributed by atoms with Gasteiger partial charge >= 0.3 is 0 Å². The van der Waals surface area contributed by atoms with Gasteiger partial charge in [0.25, 0.3) is 5.91 Å². The third kappa shape index (κ3) is 1.79. The number of hydrogen-bond donors (Lipinski definition) is 1. The average Bonchev–Trinajstić information content (AvgIpc) is 2.17. The first-order valence-electron chi connectivity index (χ1n) is 5.07. The highest BCUT2D eigenvalue weighted by molar-refractivity contribution is 5.94. The van der Waals surface area contributed by atoms with Crippen molar-refractivity contribution in [1.82, 2.24) is 5.32 Å². The largest absolute Gasteiger partial charge is 0.347 e. The van der Waals surface area contributed by atoms with E-state index in [0.29, 0.717) is 0 Å². The van der Waals surface area contributed by atoms with Gasteiger partial charge in [-0.1, -0.05) is 18.2 Å². The molecule has 0 heterocycles. The molecule has 1 aliphatic carbocycles. The number of carbonyl (C=O) groups excluding carboxylic acids is 1. The van der Waals surface area contributed by atoms with Crippen molar-refractivity contribution in [2.75, 3.05) is 0 Å². The van der Waals surface area contributed by atoms with Crippen LogP contribution in [0.4, 0.5) is 0 Å². The average molecular weight is 189 g/mol. The number of nitrogens with one attached hydrogen (secondary N) is 1. The minimum Gasteiger partial charge on any atom is -0.347 e. The Morgan fingerprint density at radius 1 is 1.29 bits per heavy atom. The summed E-state index contributed by atoms with van der Waals surface area (Å²) < 4.78 is 0. The highest BCUT2D eigenvalue weighted by Crippen LogP contribution is 2.31. The molecule has 1 saturated carbocycles. The molecule has 0 atom stereocenters. The van der Waals surface area contributed by atoms with Crippen molar-refractivity contribution in [3.8, 4) is 0 Å². The summed E-state index contributed by atoms with van der Waals surface area (Å²) in [5.74, 6) is 0.0489. The SMILES string of the molecule is CC1(NC(=O)c2ccccc2)CCC1. The lowest BCUT2D eigenvalue weighted by Gasteiger charge is -2.39. The van der Waals surface area contributed by atoms with Crippen LogP contribution in [0.25, 0.3) is 0 Å². The Morgan fingerprint density at radius 3 is 2.43 bits per heavy atom. The van der Waals surface area contributed by atoms with Crippen molar-refractivity contribution in [3.05, 3.63) is 35.9 Å². The van der Waals surface area contributed by atoms with Crippen molar-refractivity contribution in [2.24, 2.45) is 0 Å². The van der Waals surface area contributed by atoms with Gasteiger partial charge in [-0.2, -0.15) is 0 Å². The van der Waals surface area contributed by atoms with Crippen LogP contribution in [0.5, 0.6) is 0 Å². The summed E-state index contributed by atoms with van der Waals surface area (Å²) in [6, 6.07) is 9.38. The monoisotopic (exact) mass is 189 g/mol.